The third-order valence-corrected chi connectivity index (χ3v) is 9.02. The van der Waals surface area contributed by atoms with Crippen LogP contribution in [0.5, 0.6) is 0 Å². The summed E-state index contributed by atoms with van der Waals surface area (Å²) >= 11 is 12.0. The second-order valence-corrected chi connectivity index (χ2v) is 10.7. The number of hydrogen-bond acceptors (Lipinski definition) is 1. The minimum Gasteiger partial charge on any atom is -0.0800 e. The molecule has 0 spiro atoms. The van der Waals surface area contributed by atoms with Crippen LogP contribution in [-0.4, -0.2) is 5.16 Å². The molecule has 0 aliphatic carbocycles. The third-order valence-electron chi connectivity index (χ3n) is 1.95. The summed E-state index contributed by atoms with van der Waals surface area (Å²) in [5.41, 5.74) is 0. The molecule has 1 aromatic rings. The van der Waals surface area contributed by atoms with Gasteiger partial charge in [-0.05, 0) is 5.30 Å². The van der Waals surface area contributed by atoms with Crippen molar-refractivity contribution in [3.63, 3.8) is 0 Å². The van der Waals surface area contributed by atoms with Crippen molar-refractivity contribution < 1.29 is 0 Å². The Labute approximate surface area is 90.1 Å². The third kappa shape index (κ3) is 2.34. The van der Waals surface area contributed by atoms with E-state index in [1.54, 1.807) is 0 Å². The van der Waals surface area contributed by atoms with Gasteiger partial charge < -0.3 is 0 Å². The van der Waals surface area contributed by atoms with Gasteiger partial charge in [0.25, 0.3) is 0 Å². The maximum absolute atomic E-state index is 6.46. The second kappa shape index (κ2) is 3.73. The van der Waals surface area contributed by atoms with Crippen molar-refractivity contribution in [1.29, 1.82) is 0 Å². The largest absolute Gasteiger partial charge is 0.0800 e. The highest BCUT2D eigenvalue weighted by Gasteiger charge is 2.31. The molecular formula is C10H14ClPS. The van der Waals surface area contributed by atoms with Gasteiger partial charge in [0.1, 0.15) is 0 Å². The lowest BCUT2D eigenvalue weighted by molar-refractivity contribution is 0.795. The topological polar surface area (TPSA) is 0 Å². The minimum atomic E-state index is -1.92. The number of rotatable bonds is 1. The van der Waals surface area contributed by atoms with Crippen LogP contribution in [0.25, 0.3) is 0 Å². The smallest absolute Gasteiger partial charge is 0.0708 e. The lowest BCUT2D eigenvalue weighted by Crippen LogP contribution is -2.19. The predicted molar refractivity (Wildman–Crippen MR) is 66.0 cm³/mol. The van der Waals surface area contributed by atoms with Crippen LogP contribution in [0.3, 0.4) is 0 Å². The van der Waals surface area contributed by atoms with Crippen LogP contribution in [0.2, 0.25) is 0 Å². The molecule has 1 aromatic carbocycles. The van der Waals surface area contributed by atoms with Gasteiger partial charge in [0.05, 0.1) is 5.39 Å². The Bertz CT molecular complexity index is 327. The van der Waals surface area contributed by atoms with Gasteiger partial charge in [-0.25, -0.2) is 0 Å². The Kier molecular flexibility index (Phi) is 3.22. The highest BCUT2D eigenvalue weighted by Crippen LogP contribution is 2.61. The summed E-state index contributed by atoms with van der Waals surface area (Å²) in [6, 6.07) is 10.0. The summed E-state index contributed by atoms with van der Waals surface area (Å²) in [7, 11) is 0. The summed E-state index contributed by atoms with van der Waals surface area (Å²) in [5.74, 6) is 0. The Balaban J connectivity index is 3.17. The predicted octanol–water partition coefficient (Wildman–Crippen LogP) is 3.74. The van der Waals surface area contributed by atoms with Crippen molar-refractivity contribution in [2.75, 3.05) is 0 Å². The first kappa shape index (κ1) is 11.2. The monoisotopic (exact) mass is 232 g/mol. The van der Waals surface area contributed by atoms with E-state index in [4.69, 9.17) is 23.0 Å². The van der Waals surface area contributed by atoms with Crippen molar-refractivity contribution in [2.24, 2.45) is 0 Å². The van der Waals surface area contributed by atoms with Crippen molar-refractivity contribution in [3.8, 4) is 0 Å². The first-order valence-electron chi connectivity index (χ1n) is 4.21. The van der Waals surface area contributed by atoms with Gasteiger partial charge in [0.2, 0.25) is 0 Å². The molecule has 0 aliphatic heterocycles. The average molecular weight is 233 g/mol. The van der Waals surface area contributed by atoms with Gasteiger partial charge in [0.15, 0.2) is 0 Å². The van der Waals surface area contributed by atoms with Crippen LogP contribution >= 0.6 is 16.6 Å². The fourth-order valence-electron chi connectivity index (χ4n) is 1.01. The molecule has 1 unspecified atom stereocenters. The molecule has 0 nitrogen and oxygen atoms in total. The Morgan fingerprint density at radius 3 is 2.00 bits per heavy atom. The van der Waals surface area contributed by atoms with E-state index in [1.165, 1.54) is 0 Å². The van der Waals surface area contributed by atoms with Crippen LogP contribution < -0.4 is 5.30 Å². The lowest BCUT2D eigenvalue weighted by atomic mass is 10.3. The van der Waals surface area contributed by atoms with Gasteiger partial charge in [-0.3, -0.25) is 0 Å². The maximum atomic E-state index is 6.46. The van der Waals surface area contributed by atoms with Crippen molar-refractivity contribution in [1.82, 2.24) is 0 Å². The van der Waals surface area contributed by atoms with E-state index in [9.17, 15) is 0 Å². The molecule has 0 aliphatic rings. The molecule has 0 heterocycles. The van der Waals surface area contributed by atoms with E-state index < -0.39 is 5.39 Å². The molecule has 1 rings (SSSR count). The van der Waals surface area contributed by atoms with Crippen LogP contribution in [0.15, 0.2) is 30.3 Å². The molecule has 0 saturated heterocycles. The molecule has 1 atom stereocenters. The zero-order chi connectivity index (χ0) is 10.1. The minimum absolute atomic E-state index is 0.00869. The molecule has 0 aromatic heterocycles. The number of halogens is 1. The molecular weight excluding hydrogens is 219 g/mol. The SMILES string of the molecule is CC(C)(C)P(=S)(Cl)c1ccccc1. The molecule has 0 saturated carbocycles. The average Bonchev–Trinajstić information content (AvgIpc) is 2.04. The molecule has 0 fully saturated rings. The van der Waals surface area contributed by atoms with E-state index in [2.05, 4.69) is 20.8 Å². The second-order valence-electron chi connectivity index (χ2n) is 4.04. The zero-order valence-corrected chi connectivity index (χ0v) is 10.6. The van der Waals surface area contributed by atoms with Gasteiger partial charge >= 0.3 is 0 Å². The summed E-state index contributed by atoms with van der Waals surface area (Å²) in [6.07, 6.45) is 0. The van der Waals surface area contributed by atoms with Crippen LogP contribution in [0.4, 0.5) is 0 Å². The number of hydrogen-bond donors (Lipinski definition) is 0. The number of benzene rings is 1. The fourth-order valence-corrected chi connectivity index (χ4v) is 3.04. The van der Waals surface area contributed by atoms with Crippen molar-refractivity contribution in [2.45, 2.75) is 25.9 Å². The normalized spacial score (nSPS) is 16.6. The highest BCUT2D eigenvalue weighted by atomic mass is 35.7. The molecule has 13 heavy (non-hydrogen) atoms. The molecule has 0 radical (unpaired) electrons. The quantitative estimate of drug-likeness (QED) is 0.665. The van der Waals surface area contributed by atoms with Crippen LogP contribution in [0.1, 0.15) is 20.8 Å². The Hall–Kier alpha value is 0.160. The van der Waals surface area contributed by atoms with E-state index >= 15 is 0 Å². The van der Waals surface area contributed by atoms with Crippen molar-refractivity contribution in [3.05, 3.63) is 30.3 Å². The van der Waals surface area contributed by atoms with Gasteiger partial charge in [0, 0.05) is 5.16 Å². The van der Waals surface area contributed by atoms with Gasteiger partial charge in [-0.15, -0.1) is 0 Å². The van der Waals surface area contributed by atoms with Crippen LogP contribution in [-0.2, 0) is 11.8 Å². The molecule has 0 N–H and O–H groups in total. The maximum Gasteiger partial charge on any atom is 0.0708 e. The lowest BCUT2D eigenvalue weighted by Gasteiger charge is -2.29. The van der Waals surface area contributed by atoms with Gasteiger partial charge in [-0.1, -0.05) is 74.2 Å². The molecule has 0 bridgehead atoms. The Morgan fingerprint density at radius 1 is 1.15 bits per heavy atom. The van der Waals surface area contributed by atoms with E-state index in [0.717, 1.165) is 5.30 Å². The molecule has 72 valence electrons. The zero-order valence-electron chi connectivity index (χ0n) is 8.12. The standard InChI is InChI=1S/C10H14ClPS/c1-10(2,3)12(11,13)9-7-5-4-6-8-9/h4-8H,1-3H3. The van der Waals surface area contributed by atoms with Gasteiger partial charge in [-0.2, -0.15) is 0 Å². The summed E-state index contributed by atoms with van der Waals surface area (Å²) < 4.78 is 0. The fraction of sp³-hybridized carbons (Fsp3) is 0.400. The highest BCUT2D eigenvalue weighted by molar-refractivity contribution is 8.31. The molecule has 0 amide bonds. The first-order valence-corrected chi connectivity index (χ1v) is 7.92. The summed E-state index contributed by atoms with van der Waals surface area (Å²) in [6.45, 7) is 6.31. The van der Waals surface area contributed by atoms with E-state index in [1.807, 2.05) is 30.3 Å². The Morgan fingerprint density at radius 2 is 1.62 bits per heavy atom. The first-order chi connectivity index (χ1) is 5.86. The molecule has 3 heteroatoms. The summed E-state index contributed by atoms with van der Waals surface area (Å²) in [5, 5.41) is -0.822. The van der Waals surface area contributed by atoms with Crippen molar-refractivity contribution >= 4 is 33.7 Å². The van der Waals surface area contributed by atoms with E-state index in [0.29, 0.717) is 0 Å². The van der Waals surface area contributed by atoms with E-state index in [-0.39, 0.29) is 5.16 Å². The van der Waals surface area contributed by atoms with Crippen LogP contribution in [0, 0.1) is 0 Å². The summed E-state index contributed by atoms with van der Waals surface area (Å²) in [4.78, 5) is 0.